The zero-order chi connectivity index (χ0) is 14.1. The number of nitrogens with two attached hydrogens (primary N) is 1. The molecule has 0 atom stereocenters. The Balaban J connectivity index is 2.64. The molecular formula is C15H25N3O. The summed E-state index contributed by atoms with van der Waals surface area (Å²) >= 11 is 0. The molecule has 0 heterocycles. The number of benzene rings is 1. The summed E-state index contributed by atoms with van der Waals surface area (Å²) in [5.74, 6) is 1.50. The fraction of sp³-hybridized carbons (Fsp3) is 0.533. The van der Waals surface area contributed by atoms with E-state index in [1.54, 1.807) is 0 Å². The molecule has 2 N–H and O–H groups in total. The predicted molar refractivity (Wildman–Crippen MR) is 80.5 cm³/mol. The van der Waals surface area contributed by atoms with Crippen molar-refractivity contribution in [2.75, 3.05) is 19.7 Å². The van der Waals surface area contributed by atoms with Crippen LogP contribution in [0.1, 0.15) is 32.8 Å². The van der Waals surface area contributed by atoms with E-state index in [9.17, 15) is 0 Å². The van der Waals surface area contributed by atoms with Gasteiger partial charge < -0.3 is 15.4 Å². The van der Waals surface area contributed by atoms with Gasteiger partial charge in [0.25, 0.3) is 0 Å². The highest BCUT2D eigenvalue weighted by atomic mass is 16.5. The second kappa shape index (κ2) is 8.40. The molecule has 0 saturated carbocycles. The number of ether oxygens (including phenoxy) is 1. The van der Waals surface area contributed by atoms with Crippen LogP contribution in [0.3, 0.4) is 0 Å². The van der Waals surface area contributed by atoms with Crippen molar-refractivity contribution in [1.29, 1.82) is 0 Å². The van der Waals surface area contributed by atoms with Crippen LogP contribution in [0.15, 0.2) is 29.3 Å². The van der Waals surface area contributed by atoms with Crippen LogP contribution in [0.4, 0.5) is 0 Å². The summed E-state index contributed by atoms with van der Waals surface area (Å²) in [7, 11) is 0. The smallest absolute Gasteiger partial charge is 0.191 e. The maximum absolute atomic E-state index is 5.95. The Kier molecular flexibility index (Phi) is 6.79. The fourth-order valence-electron chi connectivity index (χ4n) is 1.77. The third kappa shape index (κ3) is 5.20. The molecule has 0 aliphatic rings. The van der Waals surface area contributed by atoms with Gasteiger partial charge in [-0.25, -0.2) is 4.99 Å². The number of aliphatic imine (C=N–C) groups is 1. The van der Waals surface area contributed by atoms with Gasteiger partial charge in [0.1, 0.15) is 5.75 Å². The van der Waals surface area contributed by atoms with Crippen molar-refractivity contribution in [2.24, 2.45) is 10.7 Å². The second-order valence-corrected chi connectivity index (χ2v) is 4.34. The summed E-state index contributed by atoms with van der Waals surface area (Å²) in [5.41, 5.74) is 7.06. The highest BCUT2D eigenvalue weighted by Crippen LogP contribution is 2.14. The van der Waals surface area contributed by atoms with E-state index < -0.39 is 0 Å². The molecule has 19 heavy (non-hydrogen) atoms. The molecule has 0 radical (unpaired) electrons. The number of nitrogens with zero attached hydrogens (tertiary/aromatic N) is 2. The highest BCUT2D eigenvalue weighted by molar-refractivity contribution is 5.78. The number of hydrogen-bond donors (Lipinski definition) is 1. The Bertz CT molecular complexity index is 400. The van der Waals surface area contributed by atoms with Crippen LogP contribution < -0.4 is 10.5 Å². The molecule has 0 spiro atoms. The lowest BCUT2D eigenvalue weighted by Crippen LogP contribution is -2.37. The molecule has 106 valence electrons. The average Bonchev–Trinajstić information content (AvgIpc) is 2.44. The van der Waals surface area contributed by atoms with E-state index in [1.807, 2.05) is 29.2 Å². The zero-order valence-corrected chi connectivity index (χ0v) is 12.2. The van der Waals surface area contributed by atoms with Crippen molar-refractivity contribution in [3.8, 4) is 5.75 Å². The Labute approximate surface area is 116 Å². The van der Waals surface area contributed by atoms with Gasteiger partial charge >= 0.3 is 0 Å². The van der Waals surface area contributed by atoms with Crippen molar-refractivity contribution in [3.63, 3.8) is 0 Å². The van der Waals surface area contributed by atoms with Gasteiger partial charge in [-0.3, -0.25) is 0 Å². The normalized spacial score (nSPS) is 11.4. The van der Waals surface area contributed by atoms with Gasteiger partial charge in [-0.1, -0.05) is 19.1 Å². The molecule has 0 aliphatic carbocycles. The van der Waals surface area contributed by atoms with Gasteiger partial charge in [0.15, 0.2) is 5.96 Å². The molecule has 4 heteroatoms. The molecule has 4 nitrogen and oxygen atoms in total. The largest absolute Gasteiger partial charge is 0.494 e. The van der Waals surface area contributed by atoms with Crippen molar-refractivity contribution in [2.45, 2.75) is 33.7 Å². The lowest BCUT2D eigenvalue weighted by molar-refractivity contribution is 0.317. The maximum Gasteiger partial charge on any atom is 0.191 e. The van der Waals surface area contributed by atoms with Crippen LogP contribution in [0, 0.1) is 0 Å². The topological polar surface area (TPSA) is 50.9 Å². The van der Waals surface area contributed by atoms with Gasteiger partial charge in [0.2, 0.25) is 0 Å². The first-order valence-corrected chi connectivity index (χ1v) is 6.97. The van der Waals surface area contributed by atoms with E-state index in [0.29, 0.717) is 12.5 Å². The molecule has 1 aromatic carbocycles. The Morgan fingerprint density at radius 3 is 2.63 bits per heavy atom. The van der Waals surface area contributed by atoms with E-state index in [2.05, 4.69) is 25.8 Å². The fourth-order valence-corrected chi connectivity index (χ4v) is 1.77. The van der Waals surface area contributed by atoms with Crippen LogP contribution in [0.25, 0.3) is 0 Å². The van der Waals surface area contributed by atoms with Crippen molar-refractivity contribution in [1.82, 2.24) is 4.90 Å². The summed E-state index contributed by atoms with van der Waals surface area (Å²) in [6.07, 6.45) is 1.01. The third-order valence-electron chi connectivity index (χ3n) is 2.88. The lowest BCUT2D eigenvalue weighted by Gasteiger charge is -2.19. The van der Waals surface area contributed by atoms with Crippen LogP contribution in [0.2, 0.25) is 0 Å². The lowest BCUT2D eigenvalue weighted by atomic mass is 10.2. The van der Waals surface area contributed by atoms with E-state index in [-0.39, 0.29) is 0 Å². The maximum atomic E-state index is 5.95. The summed E-state index contributed by atoms with van der Waals surface area (Å²) in [4.78, 5) is 6.46. The molecule has 1 aromatic rings. The van der Waals surface area contributed by atoms with Crippen LogP contribution in [-0.4, -0.2) is 30.6 Å². The summed E-state index contributed by atoms with van der Waals surface area (Å²) in [5, 5.41) is 0. The first-order chi connectivity index (χ1) is 9.21. The third-order valence-corrected chi connectivity index (χ3v) is 2.88. The van der Waals surface area contributed by atoms with Gasteiger partial charge in [-0.2, -0.15) is 0 Å². The summed E-state index contributed by atoms with van der Waals surface area (Å²) < 4.78 is 5.60. The van der Waals surface area contributed by atoms with Gasteiger partial charge in [-0.15, -0.1) is 0 Å². The number of rotatable bonds is 7. The van der Waals surface area contributed by atoms with Crippen molar-refractivity contribution < 1.29 is 4.74 Å². The number of hydrogen-bond acceptors (Lipinski definition) is 2. The SMILES string of the molecule is CCCOc1cccc(CN=C(N)N(CC)CC)c1. The van der Waals surface area contributed by atoms with Gasteiger partial charge in [0, 0.05) is 13.1 Å². The van der Waals surface area contributed by atoms with Crippen LogP contribution in [-0.2, 0) is 6.54 Å². The summed E-state index contributed by atoms with van der Waals surface area (Å²) in [6.45, 7) is 9.34. The predicted octanol–water partition coefficient (Wildman–Crippen LogP) is 2.63. The molecule has 0 bridgehead atoms. The quantitative estimate of drug-likeness (QED) is 0.608. The van der Waals surface area contributed by atoms with Gasteiger partial charge in [-0.05, 0) is 38.0 Å². The van der Waals surface area contributed by atoms with E-state index in [1.165, 1.54) is 0 Å². The first kappa shape index (κ1) is 15.3. The molecule has 1 rings (SSSR count). The van der Waals surface area contributed by atoms with Crippen LogP contribution in [0.5, 0.6) is 5.75 Å². The monoisotopic (exact) mass is 263 g/mol. The molecule has 0 amide bonds. The molecule has 0 saturated heterocycles. The van der Waals surface area contributed by atoms with Crippen LogP contribution >= 0.6 is 0 Å². The Hall–Kier alpha value is -1.71. The minimum Gasteiger partial charge on any atom is -0.494 e. The number of guanidine groups is 1. The summed E-state index contributed by atoms with van der Waals surface area (Å²) in [6, 6.07) is 8.02. The molecule has 0 fully saturated rings. The van der Waals surface area contributed by atoms with E-state index in [0.717, 1.165) is 37.4 Å². The van der Waals surface area contributed by atoms with E-state index >= 15 is 0 Å². The van der Waals surface area contributed by atoms with Crippen molar-refractivity contribution >= 4 is 5.96 Å². The average molecular weight is 263 g/mol. The highest BCUT2D eigenvalue weighted by Gasteiger charge is 2.02. The molecular weight excluding hydrogens is 238 g/mol. The molecule has 0 aliphatic heterocycles. The standard InChI is InChI=1S/C15H25N3O/c1-4-10-19-14-9-7-8-13(11-14)12-17-15(16)18(5-2)6-3/h7-9,11H,4-6,10,12H2,1-3H3,(H2,16,17). The van der Waals surface area contributed by atoms with Gasteiger partial charge in [0.05, 0.1) is 13.2 Å². The first-order valence-electron chi connectivity index (χ1n) is 6.97. The second-order valence-electron chi connectivity index (χ2n) is 4.34. The minimum atomic E-state index is 0.589. The Morgan fingerprint density at radius 2 is 2.00 bits per heavy atom. The Morgan fingerprint density at radius 1 is 1.26 bits per heavy atom. The zero-order valence-electron chi connectivity index (χ0n) is 12.2. The van der Waals surface area contributed by atoms with Crippen molar-refractivity contribution in [3.05, 3.63) is 29.8 Å². The molecule has 0 unspecified atom stereocenters. The van der Waals surface area contributed by atoms with E-state index in [4.69, 9.17) is 10.5 Å². The molecule has 0 aromatic heterocycles. The minimum absolute atomic E-state index is 0.589.